The predicted molar refractivity (Wildman–Crippen MR) is 67.4 cm³/mol. The number of aryl methyl sites for hydroxylation is 1. The van der Waals surface area contributed by atoms with E-state index in [2.05, 4.69) is 12.2 Å². The molecule has 0 saturated carbocycles. The number of hydrogen-bond donors (Lipinski definition) is 2. The van der Waals surface area contributed by atoms with Crippen LogP contribution in [0.2, 0.25) is 5.02 Å². The average molecular weight is 240 g/mol. The highest BCUT2D eigenvalue weighted by Crippen LogP contribution is 2.39. The molecule has 0 aliphatic carbocycles. The first kappa shape index (κ1) is 11.7. The number of halogens is 1. The van der Waals surface area contributed by atoms with E-state index in [1.54, 1.807) is 0 Å². The Labute approximate surface area is 102 Å². The first-order valence-corrected chi connectivity index (χ1v) is 6.18. The molecule has 3 heteroatoms. The molecule has 1 heterocycles. The fourth-order valence-corrected chi connectivity index (χ4v) is 2.75. The van der Waals surface area contributed by atoms with Gasteiger partial charge in [0.05, 0.1) is 5.02 Å². The summed E-state index contributed by atoms with van der Waals surface area (Å²) in [6, 6.07) is 1.84. The van der Waals surface area contributed by atoms with E-state index in [0.29, 0.717) is 10.9 Å². The third-order valence-electron chi connectivity index (χ3n) is 3.53. The summed E-state index contributed by atoms with van der Waals surface area (Å²) < 4.78 is 0. The molecule has 0 bridgehead atoms. The van der Waals surface area contributed by atoms with Crippen molar-refractivity contribution < 1.29 is 5.11 Å². The second kappa shape index (κ2) is 4.64. The van der Waals surface area contributed by atoms with Crippen LogP contribution in [0.4, 0.5) is 0 Å². The van der Waals surface area contributed by atoms with Crippen molar-refractivity contribution in [1.29, 1.82) is 0 Å². The molecule has 1 unspecified atom stereocenters. The number of benzene rings is 1. The lowest BCUT2D eigenvalue weighted by atomic mass is 9.86. The van der Waals surface area contributed by atoms with E-state index < -0.39 is 0 Å². The zero-order valence-corrected chi connectivity index (χ0v) is 10.6. The lowest BCUT2D eigenvalue weighted by molar-refractivity contribution is 0.424. The van der Waals surface area contributed by atoms with Crippen molar-refractivity contribution in [2.45, 2.75) is 32.6 Å². The summed E-state index contributed by atoms with van der Waals surface area (Å²) in [6.07, 6.45) is 2.29. The molecule has 1 atom stereocenters. The van der Waals surface area contributed by atoms with Gasteiger partial charge in [0.1, 0.15) is 5.75 Å². The van der Waals surface area contributed by atoms with Gasteiger partial charge in [0.25, 0.3) is 0 Å². The van der Waals surface area contributed by atoms with Gasteiger partial charge in [-0.3, -0.25) is 0 Å². The summed E-state index contributed by atoms with van der Waals surface area (Å²) in [6.45, 7) is 6.12. The Bertz CT molecular complexity index is 371. The van der Waals surface area contributed by atoms with E-state index >= 15 is 0 Å². The largest absolute Gasteiger partial charge is 0.506 e. The van der Waals surface area contributed by atoms with Crippen molar-refractivity contribution in [3.8, 4) is 5.75 Å². The van der Waals surface area contributed by atoms with Crippen LogP contribution in [0, 0.1) is 13.8 Å². The Kier molecular flexibility index (Phi) is 3.41. The molecular formula is C13H18ClNO. The third kappa shape index (κ3) is 2.04. The van der Waals surface area contributed by atoms with Crippen LogP contribution in [-0.2, 0) is 0 Å². The highest BCUT2D eigenvalue weighted by Gasteiger charge is 2.22. The molecule has 88 valence electrons. The molecule has 1 aromatic carbocycles. The van der Waals surface area contributed by atoms with Crippen molar-refractivity contribution in [3.05, 3.63) is 27.8 Å². The Morgan fingerprint density at radius 2 is 2.19 bits per heavy atom. The predicted octanol–water partition coefficient (Wildman–Crippen LogP) is 3.13. The van der Waals surface area contributed by atoms with E-state index in [1.165, 1.54) is 5.56 Å². The summed E-state index contributed by atoms with van der Waals surface area (Å²) >= 11 is 6.04. The van der Waals surface area contributed by atoms with Crippen LogP contribution >= 0.6 is 11.6 Å². The summed E-state index contributed by atoms with van der Waals surface area (Å²) in [5.74, 6) is 0.671. The zero-order chi connectivity index (χ0) is 11.7. The van der Waals surface area contributed by atoms with Crippen LogP contribution in [0.3, 0.4) is 0 Å². The maximum absolute atomic E-state index is 10.1. The smallest absolute Gasteiger partial charge is 0.137 e. The van der Waals surface area contributed by atoms with Crippen LogP contribution in [0.5, 0.6) is 5.75 Å². The van der Waals surface area contributed by atoms with Gasteiger partial charge in [-0.1, -0.05) is 11.6 Å². The average Bonchev–Trinajstić information content (AvgIpc) is 2.28. The normalized spacial score (nSPS) is 21.1. The van der Waals surface area contributed by atoms with E-state index in [-0.39, 0.29) is 5.75 Å². The van der Waals surface area contributed by atoms with Gasteiger partial charge in [-0.05, 0) is 50.4 Å². The lowest BCUT2D eigenvalue weighted by Gasteiger charge is -2.26. The molecule has 2 rings (SSSR count). The van der Waals surface area contributed by atoms with Crippen molar-refractivity contribution in [2.75, 3.05) is 13.1 Å². The summed E-state index contributed by atoms with van der Waals surface area (Å²) in [4.78, 5) is 0. The van der Waals surface area contributed by atoms with Crippen LogP contribution in [0.1, 0.15) is 35.4 Å². The molecule has 0 spiro atoms. The van der Waals surface area contributed by atoms with E-state index in [4.69, 9.17) is 11.6 Å². The quantitative estimate of drug-likeness (QED) is 0.789. The molecule has 1 fully saturated rings. The molecular weight excluding hydrogens is 222 g/mol. The highest BCUT2D eigenvalue weighted by molar-refractivity contribution is 6.32. The Balaban J connectivity index is 2.45. The maximum Gasteiger partial charge on any atom is 0.137 e. The number of aromatic hydroxyl groups is 1. The van der Waals surface area contributed by atoms with Gasteiger partial charge in [0.15, 0.2) is 0 Å². The Morgan fingerprint density at radius 3 is 2.81 bits per heavy atom. The second-order valence-corrected chi connectivity index (χ2v) is 5.01. The molecule has 0 aromatic heterocycles. The summed E-state index contributed by atoms with van der Waals surface area (Å²) in [7, 11) is 0. The number of rotatable bonds is 1. The highest BCUT2D eigenvalue weighted by atomic mass is 35.5. The van der Waals surface area contributed by atoms with Gasteiger partial charge in [-0.25, -0.2) is 0 Å². The first-order valence-electron chi connectivity index (χ1n) is 5.80. The van der Waals surface area contributed by atoms with Crippen molar-refractivity contribution in [1.82, 2.24) is 5.32 Å². The van der Waals surface area contributed by atoms with E-state index in [9.17, 15) is 5.11 Å². The van der Waals surface area contributed by atoms with Crippen molar-refractivity contribution in [2.24, 2.45) is 0 Å². The lowest BCUT2D eigenvalue weighted by Crippen LogP contribution is -2.28. The van der Waals surface area contributed by atoms with E-state index in [1.807, 2.05) is 13.0 Å². The van der Waals surface area contributed by atoms with Crippen LogP contribution in [0.25, 0.3) is 0 Å². The number of hydrogen-bond acceptors (Lipinski definition) is 2. The van der Waals surface area contributed by atoms with Gasteiger partial charge in [0, 0.05) is 18.0 Å². The molecule has 1 saturated heterocycles. The molecule has 16 heavy (non-hydrogen) atoms. The van der Waals surface area contributed by atoms with Gasteiger partial charge in [0.2, 0.25) is 0 Å². The Morgan fingerprint density at radius 1 is 1.44 bits per heavy atom. The van der Waals surface area contributed by atoms with Gasteiger partial charge in [-0.2, -0.15) is 0 Å². The van der Waals surface area contributed by atoms with Crippen molar-refractivity contribution in [3.63, 3.8) is 0 Å². The fraction of sp³-hybridized carbons (Fsp3) is 0.538. The number of phenolic OH excluding ortho intramolecular Hbond substituents is 1. The zero-order valence-electron chi connectivity index (χ0n) is 9.81. The molecule has 1 aromatic rings. The van der Waals surface area contributed by atoms with E-state index in [0.717, 1.165) is 37.1 Å². The van der Waals surface area contributed by atoms with Gasteiger partial charge < -0.3 is 10.4 Å². The van der Waals surface area contributed by atoms with Gasteiger partial charge >= 0.3 is 0 Å². The topological polar surface area (TPSA) is 32.3 Å². The molecule has 1 aliphatic heterocycles. The second-order valence-electron chi connectivity index (χ2n) is 4.61. The SMILES string of the molecule is Cc1cc(Cl)c(O)c(C2CCCNC2)c1C. The van der Waals surface area contributed by atoms with Crippen LogP contribution in [-0.4, -0.2) is 18.2 Å². The number of piperidine rings is 1. The summed E-state index contributed by atoms with van der Waals surface area (Å²) in [5.41, 5.74) is 3.37. The fourth-order valence-electron chi connectivity index (χ4n) is 2.48. The van der Waals surface area contributed by atoms with Crippen molar-refractivity contribution >= 4 is 11.6 Å². The maximum atomic E-state index is 10.1. The van der Waals surface area contributed by atoms with Crippen LogP contribution in [0.15, 0.2) is 6.07 Å². The molecule has 0 amide bonds. The monoisotopic (exact) mass is 239 g/mol. The summed E-state index contributed by atoms with van der Waals surface area (Å²) in [5, 5.41) is 13.9. The first-order chi connectivity index (χ1) is 7.61. The number of nitrogens with one attached hydrogen (secondary N) is 1. The molecule has 2 nitrogen and oxygen atoms in total. The van der Waals surface area contributed by atoms with Gasteiger partial charge in [-0.15, -0.1) is 0 Å². The number of phenols is 1. The molecule has 1 aliphatic rings. The standard InChI is InChI=1S/C13H18ClNO/c1-8-6-11(14)13(16)12(9(8)2)10-4-3-5-15-7-10/h6,10,15-16H,3-5,7H2,1-2H3. The minimum Gasteiger partial charge on any atom is -0.506 e. The molecule has 0 radical (unpaired) electrons. The minimum absolute atomic E-state index is 0.276. The Hall–Kier alpha value is -0.730. The third-order valence-corrected chi connectivity index (χ3v) is 3.81. The minimum atomic E-state index is 0.276. The molecule has 2 N–H and O–H groups in total. The van der Waals surface area contributed by atoms with Crippen LogP contribution < -0.4 is 5.32 Å².